The number of hydrogen-bond donors (Lipinski definition) is 0. The Labute approximate surface area is 75.6 Å². The van der Waals surface area contributed by atoms with E-state index in [4.69, 9.17) is 4.74 Å². The molecule has 0 fully saturated rings. The molecule has 13 heavy (non-hydrogen) atoms. The first-order valence-corrected chi connectivity index (χ1v) is 3.73. The van der Waals surface area contributed by atoms with E-state index in [-0.39, 0.29) is 0 Å². The van der Waals surface area contributed by atoms with Gasteiger partial charge in [0, 0.05) is 0 Å². The van der Waals surface area contributed by atoms with Crippen LogP contribution in [0.5, 0.6) is 5.75 Å². The van der Waals surface area contributed by atoms with Crippen LogP contribution in [0.2, 0.25) is 0 Å². The Kier molecular flexibility index (Phi) is 2.80. The van der Waals surface area contributed by atoms with Gasteiger partial charge in [-0.1, -0.05) is 24.8 Å². The van der Waals surface area contributed by atoms with Crippen LogP contribution >= 0.6 is 0 Å². The molecule has 0 bridgehead atoms. The van der Waals surface area contributed by atoms with Gasteiger partial charge in [0.25, 0.3) is 0 Å². The fourth-order valence-corrected chi connectivity index (χ4v) is 0.826. The van der Waals surface area contributed by atoms with E-state index < -0.39 is 11.8 Å². The Balaban J connectivity index is 2.81. The van der Waals surface area contributed by atoms with Crippen LogP contribution in [-0.2, 0) is 4.79 Å². The van der Waals surface area contributed by atoms with Gasteiger partial charge in [-0.3, -0.25) is 0 Å². The number of para-hydroxylation sites is 1. The van der Waals surface area contributed by atoms with Gasteiger partial charge < -0.3 is 4.74 Å². The average molecular weight is 180 g/mol. The number of halogens is 1. The first-order valence-electron chi connectivity index (χ1n) is 3.73. The molecule has 0 saturated heterocycles. The van der Waals surface area contributed by atoms with Crippen molar-refractivity contribution in [3.63, 3.8) is 0 Å². The van der Waals surface area contributed by atoms with Gasteiger partial charge in [-0.15, -0.1) is 0 Å². The molecule has 0 aliphatic carbocycles. The summed E-state index contributed by atoms with van der Waals surface area (Å²) in [7, 11) is 0. The summed E-state index contributed by atoms with van der Waals surface area (Å²) in [6.07, 6.45) is 0. The number of benzene rings is 1. The van der Waals surface area contributed by atoms with E-state index in [0.29, 0.717) is 5.75 Å². The molecule has 0 unspecified atom stereocenters. The fraction of sp³-hybridized carbons (Fsp3) is 0.100. The Hall–Kier alpha value is -1.64. The van der Waals surface area contributed by atoms with E-state index in [9.17, 15) is 9.18 Å². The van der Waals surface area contributed by atoms with Gasteiger partial charge in [0.15, 0.2) is 0 Å². The highest BCUT2D eigenvalue weighted by atomic mass is 19.1. The molecule has 3 heteroatoms. The number of carbonyl (C=O) groups is 1. The minimum absolute atomic E-state index is 0.353. The number of esters is 1. The van der Waals surface area contributed by atoms with E-state index in [0.717, 1.165) is 5.56 Å². The van der Waals surface area contributed by atoms with E-state index in [1.165, 1.54) is 0 Å². The summed E-state index contributed by atoms with van der Waals surface area (Å²) in [5.74, 6) is -1.79. The maximum atomic E-state index is 12.2. The van der Waals surface area contributed by atoms with Gasteiger partial charge in [-0.2, -0.15) is 4.39 Å². The molecule has 0 aliphatic heterocycles. The second-order valence-electron chi connectivity index (χ2n) is 2.56. The lowest BCUT2D eigenvalue weighted by molar-refractivity contribution is -0.131. The van der Waals surface area contributed by atoms with Crippen LogP contribution in [0.1, 0.15) is 5.56 Å². The molecule has 0 N–H and O–H groups in total. The van der Waals surface area contributed by atoms with Crippen LogP contribution < -0.4 is 4.74 Å². The molecule has 0 radical (unpaired) electrons. The zero-order valence-corrected chi connectivity index (χ0v) is 7.21. The number of hydrogen-bond acceptors (Lipinski definition) is 2. The highest BCUT2D eigenvalue weighted by Gasteiger charge is 2.09. The molecular formula is C10H9FO2. The van der Waals surface area contributed by atoms with Crippen molar-refractivity contribution in [2.45, 2.75) is 6.92 Å². The van der Waals surface area contributed by atoms with Crippen LogP contribution in [0.15, 0.2) is 36.7 Å². The van der Waals surface area contributed by atoms with Crippen molar-refractivity contribution in [3.05, 3.63) is 42.2 Å². The highest BCUT2D eigenvalue weighted by Crippen LogP contribution is 2.17. The van der Waals surface area contributed by atoms with Gasteiger partial charge >= 0.3 is 5.97 Å². The maximum Gasteiger partial charge on any atom is 0.371 e. The Morgan fingerprint density at radius 3 is 2.62 bits per heavy atom. The molecule has 0 amide bonds. The Morgan fingerprint density at radius 2 is 2.08 bits per heavy atom. The lowest BCUT2D eigenvalue weighted by atomic mass is 10.2. The van der Waals surface area contributed by atoms with Crippen LogP contribution in [-0.4, -0.2) is 5.97 Å². The summed E-state index contributed by atoms with van der Waals surface area (Å²) in [6, 6.07) is 6.87. The molecule has 68 valence electrons. The van der Waals surface area contributed by atoms with E-state index in [1.807, 2.05) is 0 Å². The topological polar surface area (TPSA) is 26.3 Å². The van der Waals surface area contributed by atoms with Gasteiger partial charge in [0.1, 0.15) is 5.75 Å². The molecule has 0 aliphatic rings. The summed E-state index contributed by atoms with van der Waals surface area (Å²) in [4.78, 5) is 10.8. The molecular weight excluding hydrogens is 171 g/mol. The summed E-state index contributed by atoms with van der Waals surface area (Å²) in [5, 5.41) is 0. The van der Waals surface area contributed by atoms with Crippen LogP contribution in [0.25, 0.3) is 0 Å². The third-order valence-corrected chi connectivity index (χ3v) is 1.52. The van der Waals surface area contributed by atoms with E-state index in [1.54, 1.807) is 31.2 Å². The minimum Gasteiger partial charge on any atom is -0.421 e. The predicted molar refractivity (Wildman–Crippen MR) is 47.1 cm³/mol. The molecule has 0 aromatic heterocycles. The molecule has 0 spiro atoms. The van der Waals surface area contributed by atoms with Gasteiger partial charge in [-0.05, 0) is 18.6 Å². The smallest absolute Gasteiger partial charge is 0.371 e. The monoisotopic (exact) mass is 180 g/mol. The van der Waals surface area contributed by atoms with Crippen molar-refractivity contribution >= 4 is 5.97 Å². The molecule has 2 nitrogen and oxygen atoms in total. The van der Waals surface area contributed by atoms with E-state index >= 15 is 0 Å². The van der Waals surface area contributed by atoms with Crippen LogP contribution in [0.4, 0.5) is 4.39 Å². The zero-order valence-electron chi connectivity index (χ0n) is 7.21. The molecule has 0 atom stereocenters. The fourth-order valence-electron chi connectivity index (χ4n) is 0.826. The number of rotatable bonds is 2. The van der Waals surface area contributed by atoms with Crippen molar-refractivity contribution in [1.82, 2.24) is 0 Å². The van der Waals surface area contributed by atoms with E-state index in [2.05, 4.69) is 6.58 Å². The Morgan fingerprint density at radius 1 is 1.46 bits per heavy atom. The standard InChI is InChI=1S/C10H9FO2/c1-7-5-3-4-6-9(7)13-10(12)8(2)11/h3-6H,2H2,1H3. The molecule has 0 heterocycles. The first kappa shape index (κ1) is 9.45. The summed E-state index contributed by atoms with van der Waals surface area (Å²) in [6.45, 7) is 4.61. The number of carbonyl (C=O) groups excluding carboxylic acids is 1. The lowest BCUT2D eigenvalue weighted by Gasteiger charge is -2.04. The lowest BCUT2D eigenvalue weighted by Crippen LogP contribution is -2.08. The second-order valence-corrected chi connectivity index (χ2v) is 2.56. The minimum atomic E-state index is -1.09. The number of ether oxygens (including phenoxy) is 1. The third-order valence-electron chi connectivity index (χ3n) is 1.52. The largest absolute Gasteiger partial charge is 0.421 e. The second kappa shape index (κ2) is 3.85. The van der Waals surface area contributed by atoms with Crippen molar-refractivity contribution < 1.29 is 13.9 Å². The molecule has 0 saturated carbocycles. The van der Waals surface area contributed by atoms with Crippen LogP contribution in [0.3, 0.4) is 0 Å². The summed E-state index contributed by atoms with van der Waals surface area (Å²) >= 11 is 0. The maximum absolute atomic E-state index is 12.2. The quantitative estimate of drug-likeness (QED) is 0.397. The van der Waals surface area contributed by atoms with Crippen molar-refractivity contribution in [2.75, 3.05) is 0 Å². The molecule has 1 rings (SSSR count). The van der Waals surface area contributed by atoms with Crippen LogP contribution in [0, 0.1) is 6.92 Å². The van der Waals surface area contributed by atoms with Crippen molar-refractivity contribution in [3.8, 4) is 5.75 Å². The normalized spacial score (nSPS) is 9.38. The van der Waals surface area contributed by atoms with Gasteiger partial charge in [0.05, 0.1) is 0 Å². The summed E-state index contributed by atoms with van der Waals surface area (Å²) in [5.41, 5.74) is 0.775. The highest BCUT2D eigenvalue weighted by molar-refractivity contribution is 5.87. The van der Waals surface area contributed by atoms with Crippen molar-refractivity contribution in [2.24, 2.45) is 0 Å². The SMILES string of the molecule is C=C(F)C(=O)Oc1ccccc1C. The number of aryl methyl sites for hydroxylation is 1. The first-order chi connectivity index (χ1) is 6.11. The zero-order chi connectivity index (χ0) is 9.84. The molecule has 1 aromatic carbocycles. The summed E-state index contributed by atoms with van der Waals surface area (Å²) < 4.78 is 16.9. The van der Waals surface area contributed by atoms with Gasteiger partial charge in [0.2, 0.25) is 5.83 Å². The predicted octanol–water partition coefficient (Wildman–Crippen LogP) is 2.38. The third kappa shape index (κ3) is 2.40. The molecule has 1 aromatic rings. The Bertz CT molecular complexity index is 345. The average Bonchev–Trinajstić information content (AvgIpc) is 2.08. The van der Waals surface area contributed by atoms with Gasteiger partial charge in [-0.25, -0.2) is 4.79 Å². The van der Waals surface area contributed by atoms with Crippen molar-refractivity contribution in [1.29, 1.82) is 0 Å².